The molecule has 1 fully saturated rings. The fraction of sp³-hybridized carbons (Fsp3) is 0.333. The molecule has 1 aliphatic rings. The number of amides is 2. The zero-order valence-electron chi connectivity index (χ0n) is 13.8. The monoisotopic (exact) mass is 362 g/mol. The van der Waals surface area contributed by atoms with Gasteiger partial charge in [-0.25, -0.2) is 4.39 Å². The first-order valence-corrected chi connectivity index (χ1v) is 8.92. The van der Waals surface area contributed by atoms with Gasteiger partial charge in [-0.2, -0.15) is 0 Å². The summed E-state index contributed by atoms with van der Waals surface area (Å²) in [4.78, 5) is 24.6. The third-order valence-electron chi connectivity index (χ3n) is 3.77. The minimum atomic E-state index is -0.364. The molecule has 0 bridgehead atoms. The number of thiophene rings is 1. The summed E-state index contributed by atoms with van der Waals surface area (Å²) < 4.78 is 18.4. The lowest BCUT2D eigenvalue weighted by Gasteiger charge is -2.07. The van der Waals surface area contributed by atoms with Crippen LogP contribution in [0.25, 0.3) is 0 Å². The Bertz CT molecular complexity index is 786. The third kappa shape index (κ3) is 4.79. The number of ether oxygens (including phenoxy) is 1. The Kier molecular flexibility index (Phi) is 5.33. The van der Waals surface area contributed by atoms with Crippen LogP contribution in [0.4, 0.5) is 9.39 Å². The van der Waals surface area contributed by atoms with Crippen molar-refractivity contribution in [1.29, 1.82) is 0 Å². The number of halogens is 1. The number of carbonyl (C=O) groups excluding carboxylic acids is 2. The summed E-state index contributed by atoms with van der Waals surface area (Å²) >= 11 is 1.26. The fourth-order valence-electron chi connectivity index (χ4n) is 2.31. The van der Waals surface area contributed by atoms with Gasteiger partial charge in [-0.05, 0) is 43.5 Å². The highest BCUT2D eigenvalue weighted by molar-refractivity contribution is 7.18. The molecule has 2 N–H and O–H groups in total. The second-order valence-corrected chi connectivity index (χ2v) is 7.00. The SMILES string of the molecule is Cc1cc(NC(=O)C2CC2)sc1C(=O)NCCOc1cccc(F)c1. The van der Waals surface area contributed by atoms with Crippen LogP contribution in [0.15, 0.2) is 30.3 Å². The molecular formula is C18H19FN2O3S. The van der Waals surface area contributed by atoms with E-state index in [2.05, 4.69) is 10.6 Å². The van der Waals surface area contributed by atoms with Crippen LogP contribution in [0, 0.1) is 18.7 Å². The molecule has 2 aromatic rings. The predicted molar refractivity (Wildman–Crippen MR) is 94.6 cm³/mol. The van der Waals surface area contributed by atoms with Crippen molar-refractivity contribution in [2.45, 2.75) is 19.8 Å². The molecule has 25 heavy (non-hydrogen) atoms. The molecule has 1 saturated carbocycles. The smallest absolute Gasteiger partial charge is 0.261 e. The minimum absolute atomic E-state index is 0.0247. The Morgan fingerprint density at radius 3 is 2.84 bits per heavy atom. The van der Waals surface area contributed by atoms with E-state index < -0.39 is 0 Å². The Morgan fingerprint density at radius 2 is 2.12 bits per heavy atom. The third-order valence-corrected chi connectivity index (χ3v) is 4.92. The molecule has 0 aliphatic heterocycles. The van der Waals surface area contributed by atoms with Gasteiger partial charge < -0.3 is 15.4 Å². The number of nitrogens with one attached hydrogen (secondary N) is 2. The molecule has 0 spiro atoms. The normalized spacial score (nSPS) is 13.4. The second kappa shape index (κ2) is 7.65. The summed E-state index contributed by atoms with van der Waals surface area (Å²) in [5.41, 5.74) is 0.819. The van der Waals surface area contributed by atoms with Crippen LogP contribution >= 0.6 is 11.3 Å². The topological polar surface area (TPSA) is 67.4 Å². The fourth-order valence-corrected chi connectivity index (χ4v) is 3.30. The maximum atomic E-state index is 13.0. The van der Waals surface area contributed by atoms with Gasteiger partial charge in [-0.3, -0.25) is 9.59 Å². The van der Waals surface area contributed by atoms with Crippen molar-refractivity contribution in [2.75, 3.05) is 18.5 Å². The highest BCUT2D eigenvalue weighted by atomic mass is 32.1. The summed E-state index contributed by atoms with van der Waals surface area (Å²) in [5, 5.41) is 6.31. The van der Waals surface area contributed by atoms with Crippen molar-refractivity contribution < 1.29 is 18.7 Å². The molecule has 1 aromatic carbocycles. The van der Waals surface area contributed by atoms with E-state index in [1.54, 1.807) is 12.1 Å². The molecule has 0 unspecified atom stereocenters. The Hall–Kier alpha value is -2.41. The quantitative estimate of drug-likeness (QED) is 0.742. The first-order chi connectivity index (χ1) is 12.0. The van der Waals surface area contributed by atoms with Gasteiger partial charge in [0.25, 0.3) is 5.91 Å². The van der Waals surface area contributed by atoms with Crippen molar-refractivity contribution in [2.24, 2.45) is 5.92 Å². The lowest BCUT2D eigenvalue weighted by molar-refractivity contribution is -0.117. The van der Waals surface area contributed by atoms with Crippen LogP contribution in [0.1, 0.15) is 28.1 Å². The van der Waals surface area contributed by atoms with Crippen molar-refractivity contribution >= 4 is 28.2 Å². The van der Waals surface area contributed by atoms with Crippen LogP contribution in [0.5, 0.6) is 5.75 Å². The van der Waals surface area contributed by atoms with Gasteiger partial charge in [-0.1, -0.05) is 6.07 Å². The summed E-state index contributed by atoms with van der Waals surface area (Å²) in [7, 11) is 0. The standard InChI is InChI=1S/C18H19FN2O3S/c1-11-9-15(21-17(22)12-5-6-12)25-16(11)18(23)20-7-8-24-14-4-2-3-13(19)10-14/h2-4,9-10,12H,5-8H2,1H3,(H,20,23)(H,21,22). The van der Waals surface area contributed by atoms with Crippen LogP contribution < -0.4 is 15.4 Å². The van der Waals surface area contributed by atoms with Gasteiger partial charge in [0.05, 0.1) is 16.4 Å². The van der Waals surface area contributed by atoms with Crippen LogP contribution in [0.3, 0.4) is 0 Å². The lowest BCUT2D eigenvalue weighted by Crippen LogP contribution is -2.27. The van der Waals surface area contributed by atoms with Crippen molar-refractivity contribution in [3.05, 3.63) is 46.6 Å². The maximum Gasteiger partial charge on any atom is 0.261 e. The number of carbonyl (C=O) groups is 2. The average Bonchev–Trinajstić information content (AvgIpc) is 3.36. The molecule has 2 amide bonds. The molecule has 7 heteroatoms. The Labute approximate surface area is 149 Å². The van der Waals surface area contributed by atoms with Crippen LogP contribution in [-0.2, 0) is 4.79 Å². The number of benzene rings is 1. The van der Waals surface area contributed by atoms with Gasteiger partial charge >= 0.3 is 0 Å². The molecule has 132 valence electrons. The van der Waals surface area contributed by atoms with E-state index in [0.717, 1.165) is 18.4 Å². The largest absolute Gasteiger partial charge is 0.492 e. The van der Waals surface area contributed by atoms with E-state index in [0.29, 0.717) is 22.2 Å². The molecule has 0 saturated heterocycles. The van der Waals surface area contributed by atoms with Crippen molar-refractivity contribution in [3.8, 4) is 5.75 Å². The van der Waals surface area contributed by atoms with Gasteiger partial charge in [0.2, 0.25) is 5.91 Å². The molecule has 1 heterocycles. The minimum Gasteiger partial charge on any atom is -0.492 e. The zero-order chi connectivity index (χ0) is 17.8. The van der Waals surface area contributed by atoms with E-state index >= 15 is 0 Å². The Balaban J connectivity index is 1.47. The van der Waals surface area contributed by atoms with Crippen molar-refractivity contribution in [1.82, 2.24) is 5.32 Å². The van der Waals surface area contributed by atoms with Gasteiger partial charge in [0.1, 0.15) is 18.2 Å². The van der Waals surface area contributed by atoms with Gasteiger partial charge in [0, 0.05) is 12.0 Å². The van der Waals surface area contributed by atoms with Gasteiger partial charge in [0.15, 0.2) is 0 Å². The molecular weight excluding hydrogens is 343 g/mol. The summed E-state index contributed by atoms with van der Waals surface area (Å²) in [6.07, 6.45) is 1.88. The predicted octanol–water partition coefficient (Wildman–Crippen LogP) is 3.35. The van der Waals surface area contributed by atoms with E-state index in [-0.39, 0.29) is 30.2 Å². The molecule has 0 radical (unpaired) electrons. The molecule has 1 aliphatic carbocycles. The number of rotatable bonds is 7. The number of aryl methyl sites for hydroxylation is 1. The van der Waals surface area contributed by atoms with E-state index in [4.69, 9.17) is 4.74 Å². The maximum absolute atomic E-state index is 13.0. The van der Waals surface area contributed by atoms with E-state index in [9.17, 15) is 14.0 Å². The first kappa shape index (κ1) is 17.4. The van der Waals surface area contributed by atoms with Crippen LogP contribution in [0.2, 0.25) is 0 Å². The Morgan fingerprint density at radius 1 is 1.32 bits per heavy atom. The molecule has 5 nitrogen and oxygen atoms in total. The van der Waals surface area contributed by atoms with E-state index in [1.807, 2.05) is 13.0 Å². The second-order valence-electron chi connectivity index (χ2n) is 5.95. The highest BCUT2D eigenvalue weighted by Gasteiger charge is 2.30. The first-order valence-electron chi connectivity index (χ1n) is 8.11. The van der Waals surface area contributed by atoms with Crippen LogP contribution in [-0.4, -0.2) is 25.0 Å². The number of anilines is 1. The lowest BCUT2D eigenvalue weighted by atomic mass is 10.2. The average molecular weight is 362 g/mol. The molecule has 0 atom stereocenters. The molecule has 1 aromatic heterocycles. The highest BCUT2D eigenvalue weighted by Crippen LogP contribution is 2.32. The summed E-state index contributed by atoms with van der Waals surface area (Å²) in [6.45, 7) is 2.38. The summed E-state index contributed by atoms with van der Waals surface area (Å²) in [5.74, 6) is -0.00299. The van der Waals surface area contributed by atoms with Gasteiger partial charge in [-0.15, -0.1) is 11.3 Å². The number of hydrogen-bond acceptors (Lipinski definition) is 4. The zero-order valence-corrected chi connectivity index (χ0v) is 14.6. The van der Waals surface area contributed by atoms with E-state index in [1.165, 1.54) is 23.5 Å². The summed E-state index contributed by atoms with van der Waals surface area (Å²) in [6, 6.07) is 7.66. The molecule has 3 rings (SSSR count). The number of hydrogen-bond donors (Lipinski definition) is 2. The van der Waals surface area contributed by atoms with Crippen molar-refractivity contribution in [3.63, 3.8) is 0 Å².